The Morgan fingerprint density at radius 1 is 0.475 bits per heavy atom. The fourth-order valence-corrected chi connectivity index (χ4v) is 9.09. The first-order valence-corrected chi connectivity index (χ1v) is 20.3. The number of nitrogens with zero attached hydrogens (tertiary/aromatic N) is 1. The van der Waals surface area contributed by atoms with Gasteiger partial charge in [0.15, 0.2) is 0 Å². The number of hydrogen-bond donors (Lipinski definition) is 1. The van der Waals surface area contributed by atoms with Crippen LogP contribution in [0.3, 0.4) is 0 Å². The van der Waals surface area contributed by atoms with E-state index in [0.29, 0.717) is 5.71 Å². The lowest BCUT2D eigenvalue weighted by Crippen LogP contribution is -2.16. The molecule has 0 aromatic heterocycles. The maximum Gasteiger partial charge on any atom is 0.0723 e. The monoisotopic (exact) mass is 754 g/mol. The predicted octanol–water partition coefficient (Wildman–Crippen LogP) is 14.8. The standard InChI is InChI=1S/C57H42N2/c1-57(2)52-33-31-39-18-9-10-26-48(39)55(52)51-29-15-28-49(56(51)57)43-23-14-22-42(35-43)47-32-30-45(46-25-11-12-27-50(46)47)37-59-54(36-53(58)40-19-7-4-8-20-40)44-24-13-21-41(34-44)38-16-5-3-6-17-38/h3-37,58H,1-2H3/b54-36-,58-53?,59-37?. The number of nitrogens with one attached hydrogen (secondary N) is 1. The SMILES string of the molecule is CC1(C)c2ccc3ccccc3c2-c2cccc(-c3cccc(-c4ccc(C=N/C(=C\C(=N)c5ccccc5)c5cccc(-c6ccccc6)c5)c5ccccc45)c3)c21. The van der Waals surface area contributed by atoms with Gasteiger partial charge >= 0.3 is 0 Å². The average Bonchev–Trinajstić information content (AvgIpc) is 3.54. The van der Waals surface area contributed by atoms with Crippen molar-refractivity contribution in [2.75, 3.05) is 0 Å². The number of hydrogen-bond acceptors (Lipinski definition) is 2. The Hall–Kier alpha value is -7.42. The van der Waals surface area contributed by atoms with E-state index >= 15 is 0 Å². The van der Waals surface area contributed by atoms with E-state index in [4.69, 9.17) is 10.4 Å². The molecule has 0 saturated heterocycles. The van der Waals surface area contributed by atoms with Crippen LogP contribution in [-0.2, 0) is 5.41 Å². The van der Waals surface area contributed by atoms with E-state index < -0.39 is 0 Å². The first-order chi connectivity index (χ1) is 28.9. The third-order valence-electron chi connectivity index (χ3n) is 12.0. The summed E-state index contributed by atoms with van der Waals surface area (Å²) in [6.45, 7) is 4.75. The second kappa shape index (κ2) is 14.8. The summed E-state index contributed by atoms with van der Waals surface area (Å²) in [6.07, 6.45) is 3.83. The van der Waals surface area contributed by atoms with E-state index in [1.54, 1.807) is 0 Å². The van der Waals surface area contributed by atoms with E-state index in [0.717, 1.165) is 38.9 Å². The van der Waals surface area contributed by atoms with Gasteiger partial charge in [-0.2, -0.15) is 0 Å². The molecule has 0 spiro atoms. The topological polar surface area (TPSA) is 36.2 Å². The Labute approximate surface area is 346 Å². The number of rotatable bonds is 8. The van der Waals surface area contributed by atoms with Gasteiger partial charge in [0.05, 0.1) is 11.4 Å². The van der Waals surface area contributed by atoms with E-state index in [-0.39, 0.29) is 5.41 Å². The van der Waals surface area contributed by atoms with Crippen LogP contribution < -0.4 is 0 Å². The summed E-state index contributed by atoms with van der Waals surface area (Å²) in [5.41, 5.74) is 16.4. The zero-order chi connectivity index (χ0) is 39.9. The molecule has 9 aromatic rings. The molecule has 2 heteroatoms. The van der Waals surface area contributed by atoms with Crippen LogP contribution in [0.5, 0.6) is 0 Å². The Morgan fingerprint density at radius 3 is 1.90 bits per heavy atom. The van der Waals surface area contributed by atoms with Gasteiger partial charge in [0.1, 0.15) is 0 Å². The van der Waals surface area contributed by atoms with Crippen LogP contribution in [0.15, 0.2) is 211 Å². The minimum atomic E-state index is -0.148. The van der Waals surface area contributed by atoms with Crippen molar-refractivity contribution >= 4 is 39.2 Å². The van der Waals surface area contributed by atoms with E-state index in [9.17, 15) is 0 Å². The summed E-state index contributed by atoms with van der Waals surface area (Å²) in [5.74, 6) is 0. The molecule has 0 saturated carbocycles. The van der Waals surface area contributed by atoms with Crippen molar-refractivity contribution in [2.45, 2.75) is 19.3 Å². The maximum absolute atomic E-state index is 9.02. The second-order valence-corrected chi connectivity index (χ2v) is 15.9. The van der Waals surface area contributed by atoms with Gasteiger partial charge in [-0.1, -0.05) is 202 Å². The van der Waals surface area contributed by atoms with Crippen LogP contribution >= 0.6 is 0 Å². The van der Waals surface area contributed by atoms with Crippen molar-refractivity contribution in [1.29, 1.82) is 5.41 Å². The van der Waals surface area contributed by atoms with Gasteiger partial charge in [0.2, 0.25) is 0 Å². The highest BCUT2D eigenvalue weighted by Gasteiger charge is 2.38. The van der Waals surface area contributed by atoms with Crippen LogP contribution in [-0.4, -0.2) is 11.9 Å². The summed E-state index contributed by atoms with van der Waals surface area (Å²) >= 11 is 0. The third kappa shape index (κ3) is 6.49. The van der Waals surface area contributed by atoms with E-state index in [1.807, 2.05) is 48.7 Å². The number of benzene rings is 9. The minimum absolute atomic E-state index is 0.148. The molecular weight excluding hydrogens is 713 g/mol. The molecule has 1 aliphatic carbocycles. The third-order valence-corrected chi connectivity index (χ3v) is 12.0. The zero-order valence-corrected chi connectivity index (χ0v) is 33.2. The molecule has 0 unspecified atom stereocenters. The van der Waals surface area contributed by atoms with Gasteiger partial charge in [-0.25, -0.2) is 0 Å². The molecule has 0 amide bonds. The lowest BCUT2D eigenvalue weighted by atomic mass is 9.78. The van der Waals surface area contributed by atoms with E-state index in [1.165, 1.54) is 60.7 Å². The van der Waals surface area contributed by atoms with Crippen molar-refractivity contribution in [1.82, 2.24) is 0 Å². The molecule has 0 radical (unpaired) electrons. The van der Waals surface area contributed by atoms with Gasteiger partial charge in [-0.3, -0.25) is 4.99 Å². The van der Waals surface area contributed by atoms with Crippen molar-refractivity contribution in [3.8, 4) is 44.5 Å². The van der Waals surface area contributed by atoms with Gasteiger partial charge in [-0.05, 0) is 101 Å². The molecule has 1 aliphatic rings. The lowest BCUT2D eigenvalue weighted by Gasteiger charge is -2.25. The summed E-state index contributed by atoms with van der Waals surface area (Å²) in [6, 6.07) is 70.9. The number of allylic oxidation sites excluding steroid dienone is 1. The van der Waals surface area contributed by atoms with Crippen molar-refractivity contribution in [3.63, 3.8) is 0 Å². The highest BCUT2D eigenvalue weighted by molar-refractivity contribution is 6.12. The smallest absolute Gasteiger partial charge is 0.0723 e. The molecule has 59 heavy (non-hydrogen) atoms. The molecule has 0 bridgehead atoms. The molecule has 2 nitrogen and oxygen atoms in total. The van der Waals surface area contributed by atoms with Crippen molar-refractivity contribution < 1.29 is 0 Å². The fourth-order valence-electron chi connectivity index (χ4n) is 9.09. The first-order valence-electron chi connectivity index (χ1n) is 20.3. The Morgan fingerprint density at radius 2 is 1.08 bits per heavy atom. The largest absolute Gasteiger partial charge is 0.300 e. The summed E-state index contributed by atoms with van der Waals surface area (Å²) in [4.78, 5) is 5.15. The van der Waals surface area contributed by atoms with Crippen LogP contribution in [0.1, 0.15) is 41.7 Å². The Bertz CT molecular complexity index is 3130. The van der Waals surface area contributed by atoms with Crippen molar-refractivity contribution in [3.05, 3.63) is 234 Å². The average molecular weight is 755 g/mol. The normalized spacial score (nSPS) is 13.2. The number of fused-ring (bicyclic) bond motifs is 6. The summed E-state index contributed by atoms with van der Waals surface area (Å²) in [5, 5.41) is 13.9. The Balaban J connectivity index is 1.04. The van der Waals surface area contributed by atoms with Crippen LogP contribution in [0, 0.1) is 5.41 Å². The van der Waals surface area contributed by atoms with Crippen molar-refractivity contribution in [2.24, 2.45) is 4.99 Å². The molecule has 0 atom stereocenters. The van der Waals surface area contributed by atoms with Crippen LogP contribution in [0.4, 0.5) is 0 Å². The zero-order valence-electron chi connectivity index (χ0n) is 33.2. The highest BCUT2D eigenvalue weighted by atomic mass is 14.7. The predicted molar refractivity (Wildman–Crippen MR) is 251 cm³/mol. The molecule has 0 fully saturated rings. The van der Waals surface area contributed by atoms with Crippen LogP contribution in [0.25, 0.3) is 71.7 Å². The van der Waals surface area contributed by atoms with E-state index in [2.05, 4.69) is 178 Å². The first kappa shape index (κ1) is 36.0. The van der Waals surface area contributed by atoms with Gasteiger partial charge in [0, 0.05) is 22.8 Å². The summed E-state index contributed by atoms with van der Waals surface area (Å²) in [7, 11) is 0. The highest BCUT2D eigenvalue weighted by Crippen LogP contribution is 2.54. The fraction of sp³-hybridized carbons (Fsp3) is 0.0526. The second-order valence-electron chi connectivity index (χ2n) is 15.9. The quantitative estimate of drug-likeness (QED) is 0.150. The summed E-state index contributed by atoms with van der Waals surface area (Å²) < 4.78 is 0. The molecule has 10 rings (SSSR count). The molecule has 0 aliphatic heterocycles. The molecule has 1 N–H and O–H groups in total. The van der Waals surface area contributed by atoms with Gasteiger partial charge in [-0.15, -0.1) is 0 Å². The van der Waals surface area contributed by atoms with Crippen LogP contribution in [0.2, 0.25) is 0 Å². The lowest BCUT2D eigenvalue weighted by molar-refractivity contribution is 0.662. The molecule has 280 valence electrons. The number of aliphatic imine (C=N–C) groups is 1. The maximum atomic E-state index is 9.02. The Kier molecular flexibility index (Phi) is 9.03. The molecule has 9 aromatic carbocycles. The minimum Gasteiger partial charge on any atom is -0.300 e. The van der Waals surface area contributed by atoms with Gasteiger partial charge < -0.3 is 5.41 Å². The molecule has 0 heterocycles. The van der Waals surface area contributed by atoms with Gasteiger partial charge in [0.25, 0.3) is 0 Å². The molecular formula is C57H42N2.